The first-order chi connectivity index (χ1) is 9.44. The summed E-state index contributed by atoms with van der Waals surface area (Å²) in [5.41, 5.74) is 0.938. The molecule has 3 N–H and O–H groups in total. The Morgan fingerprint density at radius 1 is 1.40 bits per heavy atom. The number of hydrogen-bond donors (Lipinski definition) is 3. The summed E-state index contributed by atoms with van der Waals surface area (Å²) < 4.78 is 40.8. The molecule has 0 saturated heterocycles. The molecule has 0 fully saturated rings. The number of benzene rings is 1. The Hall–Kier alpha value is -1.93. The molecule has 108 valence electrons. The molecule has 0 amide bonds. The average molecular weight is 298 g/mol. The summed E-state index contributed by atoms with van der Waals surface area (Å²) in [6, 6.07) is 2.78. The summed E-state index contributed by atoms with van der Waals surface area (Å²) >= 11 is 0. The molecule has 6 nitrogen and oxygen atoms in total. The molecule has 20 heavy (non-hydrogen) atoms. The molecule has 1 heterocycles. The number of halogens is 1. The Bertz CT molecular complexity index is 698. The third-order valence-electron chi connectivity index (χ3n) is 2.78. The molecule has 1 aromatic carbocycles. The van der Waals surface area contributed by atoms with E-state index in [4.69, 9.17) is 0 Å². The molecule has 0 radical (unpaired) electrons. The second kappa shape index (κ2) is 5.59. The van der Waals surface area contributed by atoms with Crippen molar-refractivity contribution in [3.63, 3.8) is 0 Å². The van der Waals surface area contributed by atoms with E-state index in [9.17, 15) is 12.8 Å². The van der Waals surface area contributed by atoms with Crippen LogP contribution in [0.5, 0.6) is 0 Å². The molecule has 0 saturated carbocycles. The van der Waals surface area contributed by atoms with E-state index >= 15 is 0 Å². The number of nitrogens with one attached hydrogen (secondary N) is 3. The Kier molecular flexibility index (Phi) is 4.05. The van der Waals surface area contributed by atoms with E-state index in [0.717, 1.165) is 0 Å². The van der Waals surface area contributed by atoms with Crippen LogP contribution in [0, 0.1) is 12.7 Å². The lowest BCUT2D eigenvalue weighted by atomic mass is 10.1. The third kappa shape index (κ3) is 2.97. The summed E-state index contributed by atoms with van der Waals surface area (Å²) in [5.74, 6) is -0.551. The quantitative estimate of drug-likeness (QED) is 0.778. The predicted octanol–water partition coefficient (Wildman–Crippen LogP) is 1.38. The van der Waals surface area contributed by atoms with Crippen LogP contribution in [0.2, 0.25) is 0 Å². The molecule has 1 aromatic heterocycles. The molecule has 0 atom stereocenters. The van der Waals surface area contributed by atoms with E-state index in [0.29, 0.717) is 17.8 Å². The lowest BCUT2D eigenvalue weighted by Crippen LogP contribution is -2.16. The van der Waals surface area contributed by atoms with Crippen molar-refractivity contribution in [3.05, 3.63) is 41.5 Å². The second-order valence-electron chi connectivity index (χ2n) is 4.32. The molecule has 0 bridgehead atoms. The Labute approximate surface area is 116 Å². The van der Waals surface area contributed by atoms with Gasteiger partial charge in [0, 0.05) is 18.3 Å². The number of aromatic amines is 1. The molecular weight excluding hydrogens is 283 g/mol. The van der Waals surface area contributed by atoms with Gasteiger partial charge >= 0.3 is 0 Å². The van der Waals surface area contributed by atoms with Gasteiger partial charge in [0.15, 0.2) is 0 Å². The highest BCUT2D eigenvalue weighted by atomic mass is 32.2. The molecule has 8 heteroatoms. The maximum absolute atomic E-state index is 13.8. The van der Waals surface area contributed by atoms with Gasteiger partial charge in [-0.2, -0.15) is 5.10 Å². The lowest BCUT2D eigenvalue weighted by Gasteiger charge is -2.12. The van der Waals surface area contributed by atoms with Crippen LogP contribution in [0.4, 0.5) is 10.1 Å². The van der Waals surface area contributed by atoms with Gasteiger partial charge in [-0.3, -0.25) is 9.82 Å². The van der Waals surface area contributed by atoms with Gasteiger partial charge in [-0.05, 0) is 31.7 Å². The number of anilines is 1. The first-order valence-electron chi connectivity index (χ1n) is 5.89. The van der Waals surface area contributed by atoms with Crippen LogP contribution in [-0.4, -0.2) is 25.7 Å². The summed E-state index contributed by atoms with van der Waals surface area (Å²) in [6.07, 6.45) is 2.74. The summed E-state index contributed by atoms with van der Waals surface area (Å²) in [4.78, 5) is -0.0797. The fourth-order valence-corrected chi connectivity index (χ4v) is 3.15. The highest BCUT2D eigenvalue weighted by Gasteiger charge is 2.20. The minimum atomic E-state index is -3.86. The molecule has 0 aliphatic heterocycles. The minimum absolute atomic E-state index is 0.0797. The molecule has 0 unspecified atom stereocenters. The SMILES string of the molecule is CNCc1cc(F)c(C)c(S(=O)(=O)Nc2cn[nH]c2)c1. The predicted molar refractivity (Wildman–Crippen MR) is 73.3 cm³/mol. The Morgan fingerprint density at radius 2 is 2.15 bits per heavy atom. The van der Waals surface area contributed by atoms with E-state index < -0.39 is 15.8 Å². The molecule has 0 aliphatic carbocycles. The smallest absolute Gasteiger partial charge is 0.262 e. The van der Waals surface area contributed by atoms with Crippen molar-refractivity contribution in [3.8, 4) is 0 Å². The van der Waals surface area contributed by atoms with E-state index in [-0.39, 0.29) is 10.5 Å². The number of H-pyrrole nitrogens is 1. The highest BCUT2D eigenvalue weighted by Crippen LogP contribution is 2.22. The summed E-state index contributed by atoms with van der Waals surface area (Å²) in [6.45, 7) is 1.81. The largest absolute Gasteiger partial charge is 0.316 e. The van der Waals surface area contributed by atoms with Crippen molar-refractivity contribution in [2.75, 3.05) is 11.8 Å². The molecule has 0 aliphatic rings. The van der Waals surface area contributed by atoms with Gasteiger partial charge in [0.2, 0.25) is 0 Å². The van der Waals surface area contributed by atoms with Gasteiger partial charge in [0.05, 0.1) is 16.8 Å². The van der Waals surface area contributed by atoms with Crippen LogP contribution in [0.1, 0.15) is 11.1 Å². The van der Waals surface area contributed by atoms with Crippen molar-refractivity contribution in [2.24, 2.45) is 0 Å². The molecule has 2 aromatic rings. The van der Waals surface area contributed by atoms with Gasteiger partial charge in [-0.15, -0.1) is 0 Å². The van der Waals surface area contributed by atoms with Gasteiger partial charge in [0.1, 0.15) is 5.82 Å². The third-order valence-corrected chi connectivity index (χ3v) is 4.28. The Morgan fingerprint density at radius 3 is 2.75 bits per heavy atom. The van der Waals surface area contributed by atoms with Gasteiger partial charge in [-0.25, -0.2) is 12.8 Å². The van der Waals surface area contributed by atoms with Crippen molar-refractivity contribution in [2.45, 2.75) is 18.4 Å². The zero-order chi connectivity index (χ0) is 14.8. The van der Waals surface area contributed by atoms with Crippen LogP contribution in [0.25, 0.3) is 0 Å². The van der Waals surface area contributed by atoms with Crippen LogP contribution >= 0.6 is 0 Å². The fourth-order valence-electron chi connectivity index (χ4n) is 1.81. The molecule has 0 spiro atoms. The van der Waals surface area contributed by atoms with Crippen molar-refractivity contribution < 1.29 is 12.8 Å². The maximum atomic E-state index is 13.8. The van der Waals surface area contributed by atoms with E-state index in [1.807, 2.05) is 0 Å². The first-order valence-corrected chi connectivity index (χ1v) is 7.37. The van der Waals surface area contributed by atoms with Crippen molar-refractivity contribution in [1.29, 1.82) is 0 Å². The summed E-state index contributed by atoms with van der Waals surface area (Å²) in [5, 5.41) is 9.01. The van der Waals surface area contributed by atoms with Crippen LogP contribution in [0.3, 0.4) is 0 Å². The minimum Gasteiger partial charge on any atom is -0.316 e. The topological polar surface area (TPSA) is 86.9 Å². The van der Waals surface area contributed by atoms with Crippen molar-refractivity contribution >= 4 is 15.7 Å². The fraction of sp³-hybridized carbons (Fsp3) is 0.250. The van der Waals surface area contributed by atoms with E-state index in [1.165, 1.54) is 31.5 Å². The second-order valence-corrected chi connectivity index (χ2v) is 5.97. The van der Waals surface area contributed by atoms with Gasteiger partial charge in [-0.1, -0.05) is 0 Å². The maximum Gasteiger partial charge on any atom is 0.262 e. The summed E-state index contributed by atoms with van der Waals surface area (Å²) in [7, 11) is -2.15. The van der Waals surface area contributed by atoms with Crippen molar-refractivity contribution in [1.82, 2.24) is 15.5 Å². The Balaban J connectivity index is 2.44. The number of nitrogens with zero attached hydrogens (tertiary/aromatic N) is 1. The normalized spacial score (nSPS) is 11.6. The average Bonchev–Trinajstić information content (AvgIpc) is 2.85. The van der Waals surface area contributed by atoms with Crippen LogP contribution in [0.15, 0.2) is 29.4 Å². The monoisotopic (exact) mass is 298 g/mol. The number of hydrogen-bond acceptors (Lipinski definition) is 4. The standard InChI is InChI=1S/C12H15FN4O2S/c1-8-11(13)3-9(5-14-2)4-12(8)20(18,19)17-10-6-15-16-7-10/h3-4,6-7,14,17H,5H2,1-2H3,(H,15,16). The van der Waals surface area contributed by atoms with Gasteiger partial charge < -0.3 is 5.32 Å². The van der Waals surface area contributed by atoms with Gasteiger partial charge in [0.25, 0.3) is 10.0 Å². The zero-order valence-electron chi connectivity index (χ0n) is 11.1. The molecule has 2 rings (SSSR count). The van der Waals surface area contributed by atoms with E-state index in [2.05, 4.69) is 20.2 Å². The number of aromatic nitrogens is 2. The highest BCUT2D eigenvalue weighted by molar-refractivity contribution is 7.92. The van der Waals surface area contributed by atoms with Crippen LogP contribution in [-0.2, 0) is 16.6 Å². The lowest BCUT2D eigenvalue weighted by molar-refractivity contribution is 0.588. The van der Waals surface area contributed by atoms with Crippen LogP contribution < -0.4 is 10.0 Å². The zero-order valence-corrected chi connectivity index (χ0v) is 11.9. The first kappa shape index (κ1) is 14.5. The van der Waals surface area contributed by atoms with E-state index in [1.54, 1.807) is 7.05 Å². The number of sulfonamides is 1. The molecular formula is C12H15FN4O2S. The number of rotatable bonds is 5.